The van der Waals surface area contributed by atoms with E-state index in [0.717, 1.165) is 11.0 Å². The summed E-state index contributed by atoms with van der Waals surface area (Å²) in [6, 6.07) is 5.37. The molecule has 3 nitrogen and oxygen atoms in total. The molecular weight excluding hydrogens is 280 g/mol. The molecule has 1 amide bonds. The molecule has 1 rings (SSSR count). The molecule has 0 unspecified atom stereocenters. The van der Waals surface area contributed by atoms with E-state index in [9.17, 15) is 4.79 Å². The van der Waals surface area contributed by atoms with Gasteiger partial charge in [-0.1, -0.05) is 29.8 Å². The first-order chi connectivity index (χ1) is 7.95. The Morgan fingerprint density at radius 3 is 2.59 bits per heavy atom. The van der Waals surface area contributed by atoms with E-state index in [-0.39, 0.29) is 5.91 Å². The van der Waals surface area contributed by atoms with Crippen molar-refractivity contribution in [2.75, 3.05) is 18.8 Å². The second-order valence-corrected chi connectivity index (χ2v) is 5.38. The number of rotatable bonds is 4. The molecule has 0 aliphatic rings. The first kappa shape index (κ1) is 14.0. The Bertz CT molecular complexity index is 404. The third-order valence-electron chi connectivity index (χ3n) is 2.50. The van der Waals surface area contributed by atoms with E-state index in [0.29, 0.717) is 23.7 Å². The van der Waals surface area contributed by atoms with Gasteiger partial charge in [-0.25, -0.2) is 0 Å². The van der Waals surface area contributed by atoms with E-state index < -0.39 is 0 Å². The molecule has 0 radical (unpaired) electrons. The van der Waals surface area contributed by atoms with Crippen molar-refractivity contribution < 1.29 is 4.79 Å². The van der Waals surface area contributed by atoms with E-state index in [1.54, 1.807) is 12.1 Å². The zero-order chi connectivity index (χ0) is 13.0. The fourth-order valence-electron chi connectivity index (χ4n) is 1.70. The predicted molar refractivity (Wildman–Crippen MR) is 75.0 cm³/mol. The van der Waals surface area contributed by atoms with Gasteiger partial charge in [0.05, 0.1) is 5.56 Å². The van der Waals surface area contributed by atoms with Crippen molar-refractivity contribution in [1.82, 2.24) is 4.90 Å². The lowest BCUT2D eigenvalue weighted by atomic mass is 10.1. The zero-order valence-corrected chi connectivity index (χ0v) is 12.1. The summed E-state index contributed by atoms with van der Waals surface area (Å²) in [6.07, 6.45) is 0. The van der Waals surface area contributed by atoms with E-state index in [2.05, 4.69) is 29.8 Å². The van der Waals surface area contributed by atoms with Crippen molar-refractivity contribution in [3.8, 4) is 0 Å². The highest BCUT2D eigenvalue weighted by Gasteiger charge is 2.17. The van der Waals surface area contributed by atoms with Crippen LogP contribution in [0.2, 0.25) is 0 Å². The monoisotopic (exact) mass is 298 g/mol. The number of benzene rings is 1. The Morgan fingerprint density at radius 1 is 1.47 bits per heavy atom. The van der Waals surface area contributed by atoms with Crippen LogP contribution in [0.1, 0.15) is 31.1 Å². The largest absolute Gasteiger partial charge is 0.398 e. The van der Waals surface area contributed by atoms with Crippen LogP contribution < -0.4 is 5.73 Å². The molecule has 0 aliphatic heterocycles. The third kappa shape index (κ3) is 3.73. The summed E-state index contributed by atoms with van der Waals surface area (Å²) in [4.78, 5) is 14.1. The van der Waals surface area contributed by atoms with Crippen molar-refractivity contribution in [3.05, 3.63) is 28.2 Å². The van der Waals surface area contributed by atoms with Crippen LogP contribution in [0.4, 0.5) is 5.69 Å². The number of carbonyl (C=O) groups is 1. The second kappa shape index (κ2) is 6.05. The minimum Gasteiger partial charge on any atom is -0.398 e. The molecule has 0 atom stereocenters. The van der Waals surface area contributed by atoms with Crippen LogP contribution in [0.15, 0.2) is 22.7 Å². The number of carbonyl (C=O) groups excluding carboxylic acids is 1. The number of hydrogen-bond acceptors (Lipinski definition) is 2. The number of nitrogens with two attached hydrogens (primary N) is 1. The normalized spacial score (nSPS) is 10.6. The molecule has 0 saturated heterocycles. The molecule has 1 aromatic carbocycles. The Hall–Kier alpha value is -1.03. The van der Waals surface area contributed by atoms with Crippen LogP contribution in [-0.4, -0.2) is 23.9 Å². The maximum absolute atomic E-state index is 12.3. The summed E-state index contributed by atoms with van der Waals surface area (Å²) in [5.41, 5.74) is 6.97. The van der Waals surface area contributed by atoms with Gasteiger partial charge in [0.15, 0.2) is 0 Å². The maximum atomic E-state index is 12.3. The Labute approximate surface area is 111 Å². The standard InChI is InChI=1S/C13H19BrN2O/c1-4-16(8-9(2)3)13(17)11-6-5-10(14)7-12(11)15/h5-7,9H,4,8,15H2,1-3H3. The molecule has 2 N–H and O–H groups in total. The average molecular weight is 299 g/mol. The van der Waals surface area contributed by atoms with Crippen molar-refractivity contribution in [2.24, 2.45) is 5.92 Å². The summed E-state index contributed by atoms with van der Waals surface area (Å²) >= 11 is 3.33. The van der Waals surface area contributed by atoms with Crippen molar-refractivity contribution >= 4 is 27.5 Å². The van der Waals surface area contributed by atoms with E-state index in [1.165, 1.54) is 0 Å². The number of amides is 1. The quantitative estimate of drug-likeness (QED) is 0.868. The van der Waals surface area contributed by atoms with Crippen LogP contribution in [0.5, 0.6) is 0 Å². The molecule has 0 fully saturated rings. The van der Waals surface area contributed by atoms with Gasteiger partial charge >= 0.3 is 0 Å². The zero-order valence-electron chi connectivity index (χ0n) is 10.5. The molecule has 0 aromatic heterocycles. The average Bonchev–Trinajstić information content (AvgIpc) is 2.24. The minimum atomic E-state index is 0.00574. The summed E-state index contributed by atoms with van der Waals surface area (Å²) in [5, 5.41) is 0. The van der Waals surface area contributed by atoms with Gasteiger partial charge in [-0.2, -0.15) is 0 Å². The smallest absolute Gasteiger partial charge is 0.255 e. The number of nitrogens with zero attached hydrogens (tertiary/aromatic N) is 1. The lowest BCUT2D eigenvalue weighted by Crippen LogP contribution is -2.34. The fraction of sp³-hybridized carbons (Fsp3) is 0.462. The maximum Gasteiger partial charge on any atom is 0.255 e. The predicted octanol–water partition coefficient (Wildman–Crippen LogP) is 3.15. The third-order valence-corrected chi connectivity index (χ3v) is 2.99. The minimum absolute atomic E-state index is 0.00574. The molecule has 0 aliphatic carbocycles. The number of halogens is 1. The van der Waals surface area contributed by atoms with Crippen molar-refractivity contribution in [2.45, 2.75) is 20.8 Å². The number of anilines is 1. The van der Waals surface area contributed by atoms with Crippen LogP contribution in [0.3, 0.4) is 0 Å². The van der Waals surface area contributed by atoms with Gasteiger partial charge in [-0.15, -0.1) is 0 Å². The summed E-state index contributed by atoms with van der Waals surface area (Å²) in [7, 11) is 0. The van der Waals surface area contributed by atoms with Gasteiger partial charge < -0.3 is 10.6 Å². The molecule has 0 bridgehead atoms. The highest BCUT2D eigenvalue weighted by molar-refractivity contribution is 9.10. The summed E-state index contributed by atoms with van der Waals surface area (Å²) < 4.78 is 0.887. The molecule has 4 heteroatoms. The van der Waals surface area contributed by atoms with Gasteiger partial charge in [0, 0.05) is 23.2 Å². The van der Waals surface area contributed by atoms with E-state index >= 15 is 0 Å². The molecule has 17 heavy (non-hydrogen) atoms. The van der Waals surface area contributed by atoms with Gasteiger partial charge in [0.1, 0.15) is 0 Å². The molecule has 0 saturated carbocycles. The van der Waals surface area contributed by atoms with Gasteiger partial charge in [0.25, 0.3) is 5.91 Å². The molecule has 0 spiro atoms. The van der Waals surface area contributed by atoms with Crippen molar-refractivity contribution in [1.29, 1.82) is 0 Å². The summed E-state index contributed by atoms with van der Waals surface area (Å²) in [6.45, 7) is 7.63. The summed E-state index contributed by atoms with van der Waals surface area (Å²) in [5.74, 6) is 0.460. The van der Waals surface area contributed by atoms with E-state index in [4.69, 9.17) is 5.73 Å². The van der Waals surface area contributed by atoms with Crippen LogP contribution >= 0.6 is 15.9 Å². The number of nitrogen functional groups attached to an aromatic ring is 1. The Morgan fingerprint density at radius 2 is 2.12 bits per heavy atom. The SMILES string of the molecule is CCN(CC(C)C)C(=O)c1ccc(Br)cc1N. The highest BCUT2D eigenvalue weighted by Crippen LogP contribution is 2.20. The molecular formula is C13H19BrN2O. The first-order valence-corrected chi connectivity index (χ1v) is 6.59. The Balaban J connectivity index is 2.93. The van der Waals surface area contributed by atoms with E-state index in [1.807, 2.05) is 17.9 Å². The van der Waals surface area contributed by atoms with Gasteiger partial charge in [-0.05, 0) is 31.0 Å². The first-order valence-electron chi connectivity index (χ1n) is 5.80. The lowest BCUT2D eigenvalue weighted by molar-refractivity contribution is 0.0747. The molecule has 0 heterocycles. The van der Waals surface area contributed by atoms with Crippen molar-refractivity contribution in [3.63, 3.8) is 0 Å². The molecule has 1 aromatic rings. The highest BCUT2D eigenvalue weighted by atomic mass is 79.9. The fourth-order valence-corrected chi connectivity index (χ4v) is 2.07. The van der Waals surface area contributed by atoms with Crippen LogP contribution in [0, 0.1) is 5.92 Å². The molecule has 94 valence electrons. The Kier molecular flexibility index (Phi) is 5.00. The number of hydrogen-bond donors (Lipinski definition) is 1. The topological polar surface area (TPSA) is 46.3 Å². The second-order valence-electron chi connectivity index (χ2n) is 4.47. The van der Waals surface area contributed by atoms with Crippen LogP contribution in [0.25, 0.3) is 0 Å². The van der Waals surface area contributed by atoms with Gasteiger partial charge in [-0.3, -0.25) is 4.79 Å². The van der Waals surface area contributed by atoms with Gasteiger partial charge in [0.2, 0.25) is 0 Å². The van der Waals surface area contributed by atoms with Crippen LogP contribution in [-0.2, 0) is 0 Å². The lowest BCUT2D eigenvalue weighted by Gasteiger charge is -2.23.